The quantitative estimate of drug-likeness (QED) is 0.325. The molecule has 2 rings (SSSR count). The molecule has 1 heterocycles. The van der Waals surface area contributed by atoms with E-state index in [1.165, 1.54) is 25.7 Å². The predicted molar refractivity (Wildman–Crippen MR) is 68.6 cm³/mol. The van der Waals surface area contributed by atoms with E-state index in [1.54, 1.807) is 0 Å². The molecule has 5 nitrogen and oxygen atoms in total. The summed E-state index contributed by atoms with van der Waals surface area (Å²) in [6, 6.07) is 0.961. The van der Waals surface area contributed by atoms with Crippen molar-refractivity contribution >= 4 is 5.96 Å². The smallest absolute Gasteiger partial charge is 0.208 e. The summed E-state index contributed by atoms with van der Waals surface area (Å²) >= 11 is 0. The van der Waals surface area contributed by atoms with Gasteiger partial charge >= 0.3 is 0 Å². The van der Waals surface area contributed by atoms with Gasteiger partial charge in [-0.3, -0.25) is 5.43 Å². The van der Waals surface area contributed by atoms with Crippen molar-refractivity contribution in [2.45, 2.75) is 50.6 Å². The van der Waals surface area contributed by atoms with Crippen LogP contribution in [0, 0.1) is 0 Å². The van der Waals surface area contributed by atoms with Gasteiger partial charge in [-0.25, -0.2) is 10.8 Å². The van der Waals surface area contributed by atoms with Crippen LogP contribution in [0.3, 0.4) is 0 Å². The van der Waals surface area contributed by atoms with Gasteiger partial charge in [0.15, 0.2) is 0 Å². The monoisotopic (exact) mass is 240 g/mol. The van der Waals surface area contributed by atoms with Crippen molar-refractivity contribution in [2.24, 2.45) is 10.8 Å². The zero-order valence-electron chi connectivity index (χ0n) is 10.7. The van der Waals surface area contributed by atoms with Crippen LogP contribution in [0.5, 0.6) is 0 Å². The fraction of sp³-hybridized carbons (Fsp3) is 0.917. The summed E-state index contributed by atoms with van der Waals surface area (Å²) in [5.41, 5.74) is 2.76. The Bertz CT molecular complexity index is 257. The molecule has 1 aliphatic carbocycles. The van der Waals surface area contributed by atoms with Crippen molar-refractivity contribution in [1.29, 1.82) is 0 Å². The topological polar surface area (TPSA) is 62.9 Å². The van der Waals surface area contributed by atoms with Gasteiger partial charge < -0.3 is 9.64 Å². The number of hydrazine groups is 1. The minimum absolute atomic E-state index is 0.461. The summed E-state index contributed by atoms with van der Waals surface area (Å²) in [7, 11) is 2.07. The van der Waals surface area contributed by atoms with Gasteiger partial charge in [-0.05, 0) is 25.7 Å². The van der Waals surface area contributed by atoms with Crippen LogP contribution in [-0.4, -0.2) is 43.2 Å². The number of nitrogens with two attached hydrogens (primary N) is 1. The standard InChI is InChI=1S/C12H24N4O/c1-16(11-6-8-17-9-7-11)12(15-13)14-10-4-2-3-5-10/h10-11H,2-9,13H2,1H3,(H,14,15). The van der Waals surface area contributed by atoms with E-state index in [9.17, 15) is 0 Å². The third kappa shape index (κ3) is 3.33. The van der Waals surface area contributed by atoms with Crippen LogP contribution in [0.15, 0.2) is 4.99 Å². The number of nitrogens with one attached hydrogen (secondary N) is 1. The second kappa shape index (κ2) is 6.21. The lowest BCUT2D eigenvalue weighted by Gasteiger charge is -2.33. The summed E-state index contributed by atoms with van der Waals surface area (Å²) in [5.74, 6) is 6.44. The Hall–Kier alpha value is -0.810. The van der Waals surface area contributed by atoms with Crippen LogP contribution in [0.4, 0.5) is 0 Å². The van der Waals surface area contributed by atoms with Gasteiger partial charge in [0.2, 0.25) is 5.96 Å². The molecule has 0 spiro atoms. The molecule has 0 aromatic heterocycles. The van der Waals surface area contributed by atoms with E-state index in [0.29, 0.717) is 12.1 Å². The van der Waals surface area contributed by atoms with E-state index in [1.807, 2.05) is 0 Å². The Morgan fingerprint density at radius 1 is 1.24 bits per heavy atom. The third-order valence-corrected chi connectivity index (χ3v) is 3.83. The van der Waals surface area contributed by atoms with Gasteiger partial charge in [0, 0.05) is 26.3 Å². The highest BCUT2D eigenvalue weighted by Crippen LogP contribution is 2.21. The maximum absolute atomic E-state index is 5.60. The molecule has 3 N–H and O–H groups in total. The molecule has 1 aliphatic heterocycles. The molecule has 5 heteroatoms. The lowest BCUT2D eigenvalue weighted by atomic mass is 10.1. The molecule has 17 heavy (non-hydrogen) atoms. The first-order valence-electron chi connectivity index (χ1n) is 6.66. The van der Waals surface area contributed by atoms with Crippen molar-refractivity contribution in [3.05, 3.63) is 0 Å². The summed E-state index contributed by atoms with van der Waals surface area (Å²) < 4.78 is 5.38. The fourth-order valence-corrected chi connectivity index (χ4v) is 2.68. The Labute approximate surface area is 103 Å². The minimum Gasteiger partial charge on any atom is -0.381 e. The summed E-state index contributed by atoms with van der Waals surface area (Å²) in [4.78, 5) is 6.92. The Balaban J connectivity index is 1.95. The van der Waals surface area contributed by atoms with Gasteiger partial charge in [-0.2, -0.15) is 0 Å². The van der Waals surface area contributed by atoms with Gasteiger partial charge in [-0.1, -0.05) is 12.8 Å². The van der Waals surface area contributed by atoms with Crippen LogP contribution < -0.4 is 11.3 Å². The number of ether oxygens (including phenoxy) is 1. The molecular weight excluding hydrogens is 216 g/mol. The maximum atomic E-state index is 5.60. The lowest BCUT2D eigenvalue weighted by Crippen LogP contribution is -2.49. The molecule has 2 aliphatic rings. The number of rotatable bonds is 2. The zero-order chi connectivity index (χ0) is 12.1. The molecule has 98 valence electrons. The number of nitrogens with zero attached hydrogens (tertiary/aromatic N) is 2. The predicted octanol–water partition coefficient (Wildman–Crippen LogP) is 0.859. The average molecular weight is 240 g/mol. The van der Waals surface area contributed by atoms with Gasteiger partial charge in [0.05, 0.1) is 6.04 Å². The molecule has 0 aromatic rings. The van der Waals surface area contributed by atoms with Gasteiger partial charge in [-0.15, -0.1) is 0 Å². The molecule has 2 fully saturated rings. The molecule has 0 bridgehead atoms. The van der Waals surface area contributed by atoms with E-state index in [2.05, 4.69) is 17.4 Å². The van der Waals surface area contributed by atoms with Crippen LogP contribution in [0.2, 0.25) is 0 Å². The number of aliphatic imine (C=N–C) groups is 1. The third-order valence-electron chi connectivity index (χ3n) is 3.83. The van der Waals surface area contributed by atoms with Crippen molar-refractivity contribution in [1.82, 2.24) is 10.3 Å². The van der Waals surface area contributed by atoms with E-state index >= 15 is 0 Å². The highest BCUT2D eigenvalue weighted by molar-refractivity contribution is 5.79. The van der Waals surface area contributed by atoms with Crippen LogP contribution >= 0.6 is 0 Å². The van der Waals surface area contributed by atoms with Crippen molar-refractivity contribution in [2.75, 3.05) is 20.3 Å². The van der Waals surface area contributed by atoms with Crippen LogP contribution in [0.1, 0.15) is 38.5 Å². The second-order valence-corrected chi connectivity index (χ2v) is 4.99. The Morgan fingerprint density at radius 2 is 1.88 bits per heavy atom. The highest BCUT2D eigenvalue weighted by Gasteiger charge is 2.22. The van der Waals surface area contributed by atoms with E-state index in [-0.39, 0.29) is 0 Å². The maximum Gasteiger partial charge on any atom is 0.208 e. The first-order valence-corrected chi connectivity index (χ1v) is 6.66. The fourth-order valence-electron chi connectivity index (χ4n) is 2.68. The molecule has 1 saturated heterocycles. The molecule has 0 radical (unpaired) electrons. The van der Waals surface area contributed by atoms with Crippen LogP contribution in [-0.2, 0) is 4.74 Å². The highest BCUT2D eigenvalue weighted by atomic mass is 16.5. The van der Waals surface area contributed by atoms with E-state index < -0.39 is 0 Å². The lowest BCUT2D eigenvalue weighted by molar-refractivity contribution is 0.0596. The van der Waals surface area contributed by atoms with Crippen molar-refractivity contribution in [3.63, 3.8) is 0 Å². The molecule has 0 atom stereocenters. The Kier molecular flexibility index (Phi) is 4.62. The van der Waals surface area contributed by atoms with Crippen LogP contribution in [0.25, 0.3) is 0 Å². The number of hydrogen-bond donors (Lipinski definition) is 2. The summed E-state index contributed by atoms with van der Waals surface area (Å²) in [6.07, 6.45) is 7.11. The summed E-state index contributed by atoms with van der Waals surface area (Å²) in [6.45, 7) is 1.69. The largest absolute Gasteiger partial charge is 0.381 e. The Morgan fingerprint density at radius 3 is 2.47 bits per heavy atom. The van der Waals surface area contributed by atoms with Gasteiger partial charge in [0.25, 0.3) is 0 Å². The molecule has 0 unspecified atom stereocenters. The molecule has 1 saturated carbocycles. The van der Waals surface area contributed by atoms with E-state index in [4.69, 9.17) is 15.6 Å². The SMILES string of the molecule is CN(C(=NC1CCCC1)NN)C1CCOCC1. The van der Waals surface area contributed by atoms with Crippen molar-refractivity contribution in [3.8, 4) is 0 Å². The first-order chi connectivity index (χ1) is 8.31. The second-order valence-electron chi connectivity index (χ2n) is 4.99. The zero-order valence-corrected chi connectivity index (χ0v) is 10.7. The normalized spacial score (nSPS) is 24.0. The molecule has 0 aromatic carbocycles. The minimum atomic E-state index is 0.461. The summed E-state index contributed by atoms with van der Waals surface area (Å²) in [5, 5.41) is 0. The van der Waals surface area contributed by atoms with Gasteiger partial charge in [0.1, 0.15) is 0 Å². The van der Waals surface area contributed by atoms with Crippen molar-refractivity contribution < 1.29 is 4.74 Å². The first kappa shape index (κ1) is 12.6. The molecule has 0 amide bonds. The number of guanidine groups is 1. The number of hydrogen-bond acceptors (Lipinski definition) is 3. The van der Waals surface area contributed by atoms with E-state index in [0.717, 1.165) is 32.0 Å². The average Bonchev–Trinajstić information content (AvgIpc) is 2.89. The molecular formula is C12H24N4O.